The van der Waals surface area contributed by atoms with E-state index in [1.165, 1.54) is 5.56 Å². The Kier molecular flexibility index (Phi) is 4.96. The number of nitrogens with zero attached hydrogens (tertiary/aromatic N) is 4. The standard InChI is InChI=1S/C18H19N5O/c1-2-3-14-4-6-15(7-5-14)18(24)20-12-16-13-23(22-21-16)17-8-10-19-11-9-17/h4-11,13H,2-3,12H2,1H3,(H,20,24). The Morgan fingerprint density at radius 1 is 1.12 bits per heavy atom. The number of nitrogens with one attached hydrogen (secondary N) is 1. The number of amides is 1. The lowest BCUT2D eigenvalue weighted by Crippen LogP contribution is -2.22. The fraction of sp³-hybridized carbons (Fsp3) is 0.222. The molecule has 0 atom stereocenters. The first kappa shape index (κ1) is 15.9. The number of pyridine rings is 1. The molecule has 0 aliphatic carbocycles. The van der Waals surface area contributed by atoms with Gasteiger partial charge in [0, 0.05) is 18.0 Å². The molecule has 6 nitrogen and oxygen atoms in total. The van der Waals surface area contributed by atoms with Crippen molar-refractivity contribution in [2.24, 2.45) is 0 Å². The molecule has 0 spiro atoms. The number of hydrogen-bond donors (Lipinski definition) is 1. The highest BCUT2D eigenvalue weighted by atomic mass is 16.1. The SMILES string of the molecule is CCCc1ccc(C(=O)NCc2cn(-c3ccncc3)nn2)cc1. The Morgan fingerprint density at radius 2 is 1.88 bits per heavy atom. The first-order valence-electron chi connectivity index (χ1n) is 7.95. The number of rotatable bonds is 6. The van der Waals surface area contributed by atoms with Gasteiger partial charge in [-0.2, -0.15) is 0 Å². The third-order valence-electron chi connectivity index (χ3n) is 3.65. The van der Waals surface area contributed by atoms with Gasteiger partial charge in [0.1, 0.15) is 5.69 Å². The van der Waals surface area contributed by atoms with E-state index in [1.807, 2.05) is 36.4 Å². The van der Waals surface area contributed by atoms with Crippen LogP contribution in [0.25, 0.3) is 5.69 Å². The van der Waals surface area contributed by atoms with Crippen molar-refractivity contribution in [3.05, 3.63) is 71.8 Å². The van der Waals surface area contributed by atoms with Gasteiger partial charge in [-0.3, -0.25) is 9.78 Å². The van der Waals surface area contributed by atoms with Crippen molar-refractivity contribution < 1.29 is 4.79 Å². The van der Waals surface area contributed by atoms with Crippen LogP contribution in [-0.4, -0.2) is 25.9 Å². The maximum absolute atomic E-state index is 12.2. The molecule has 2 aromatic heterocycles. The Morgan fingerprint density at radius 3 is 2.58 bits per heavy atom. The van der Waals surface area contributed by atoms with Crippen LogP contribution in [0.15, 0.2) is 55.0 Å². The van der Waals surface area contributed by atoms with Crippen molar-refractivity contribution in [3.8, 4) is 5.69 Å². The van der Waals surface area contributed by atoms with E-state index in [9.17, 15) is 4.79 Å². The molecule has 2 heterocycles. The summed E-state index contributed by atoms with van der Waals surface area (Å²) in [5, 5.41) is 11.0. The van der Waals surface area contributed by atoms with E-state index >= 15 is 0 Å². The zero-order chi connectivity index (χ0) is 16.8. The fourth-order valence-corrected chi connectivity index (χ4v) is 2.39. The van der Waals surface area contributed by atoms with Crippen LogP contribution in [0.1, 0.15) is 35.0 Å². The van der Waals surface area contributed by atoms with Crippen LogP contribution < -0.4 is 5.32 Å². The molecular weight excluding hydrogens is 302 g/mol. The molecule has 1 N–H and O–H groups in total. The minimum absolute atomic E-state index is 0.114. The molecule has 1 aromatic carbocycles. The predicted molar refractivity (Wildman–Crippen MR) is 90.8 cm³/mol. The highest BCUT2D eigenvalue weighted by molar-refractivity contribution is 5.94. The second-order valence-electron chi connectivity index (χ2n) is 5.49. The molecule has 0 aliphatic heterocycles. The van der Waals surface area contributed by atoms with Gasteiger partial charge in [-0.15, -0.1) is 5.10 Å². The summed E-state index contributed by atoms with van der Waals surface area (Å²) in [6, 6.07) is 11.4. The Bertz CT molecular complexity index is 796. The molecule has 0 radical (unpaired) electrons. The second-order valence-corrected chi connectivity index (χ2v) is 5.49. The summed E-state index contributed by atoms with van der Waals surface area (Å²) in [6.07, 6.45) is 7.31. The quantitative estimate of drug-likeness (QED) is 0.757. The Hall–Kier alpha value is -3.02. The second kappa shape index (κ2) is 7.50. The number of benzene rings is 1. The molecule has 6 heteroatoms. The molecule has 0 aliphatic rings. The number of aromatic nitrogens is 4. The average Bonchev–Trinajstić information content (AvgIpc) is 3.10. The molecule has 24 heavy (non-hydrogen) atoms. The van der Waals surface area contributed by atoms with Crippen LogP contribution in [-0.2, 0) is 13.0 Å². The lowest BCUT2D eigenvalue weighted by Gasteiger charge is -2.04. The molecular formula is C18H19N5O. The summed E-state index contributed by atoms with van der Waals surface area (Å²) in [5.74, 6) is -0.114. The van der Waals surface area contributed by atoms with Gasteiger partial charge in [0.25, 0.3) is 5.91 Å². The lowest BCUT2D eigenvalue weighted by molar-refractivity contribution is 0.0950. The van der Waals surface area contributed by atoms with Gasteiger partial charge in [-0.25, -0.2) is 4.68 Å². The Labute approximate surface area is 140 Å². The van der Waals surface area contributed by atoms with E-state index in [-0.39, 0.29) is 5.91 Å². The minimum Gasteiger partial charge on any atom is -0.346 e. The third-order valence-corrected chi connectivity index (χ3v) is 3.65. The fourth-order valence-electron chi connectivity index (χ4n) is 2.39. The van der Waals surface area contributed by atoms with Gasteiger partial charge in [0.15, 0.2) is 0 Å². The van der Waals surface area contributed by atoms with Gasteiger partial charge in [-0.05, 0) is 36.2 Å². The first-order valence-corrected chi connectivity index (χ1v) is 7.95. The average molecular weight is 321 g/mol. The molecule has 0 bridgehead atoms. The number of aryl methyl sites for hydroxylation is 1. The van der Waals surface area contributed by atoms with Crippen LogP contribution in [0.2, 0.25) is 0 Å². The summed E-state index contributed by atoms with van der Waals surface area (Å²) in [6.45, 7) is 2.47. The van der Waals surface area contributed by atoms with E-state index in [0.29, 0.717) is 17.8 Å². The van der Waals surface area contributed by atoms with Crippen molar-refractivity contribution in [3.63, 3.8) is 0 Å². The van der Waals surface area contributed by atoms with Gasteiger partial charge < -0.3 is 5.32 Å². The third kappa shape index (κ3) is 3.84. The topological polar surface area (TPSA) is 72.7 Å². The minimum atomic E-state index is -0.114. The summed E-state index contributed by atoms with van der Waals surface area (Å²) >= 11 is 0. The summed E-state index contributed by atoms with van der Waals surface area (Å²) < 4.78 is 1.66. The molecule has 0 unspecified atom stereocenters. The zero-order valence-corrected chi connectivity index (χ0v) is 13.5. The molecule has 3 aromatic rings. The van der Waals surface area contributed by atoms with E-state index in [1.54, 1.807) is 23.3 Å². The maximum atomic E-state index is 12.2. The van der Waals surface area contributed by atoms with Gasteiger partial charge in [-0.1, -0.05) is 30.7 Å². The predicted octanol–water partition coefficient (Wildman–Crippen LogP) is 2.54. The van der Waals surface area contributed by atoms with Crippen LogP contribution in [0.4, 0.5) is 0 Å². The normalized spacial score (nSPS) is 10.5. The van der Waals surface area contributed by atoms with Gasteiger partial charge in [0.05, 0.1) is 18.4 Å². The summed E-state index contributed by atoms with van der Waals surface area (Å²) in [5.41, 5.74) is 3.47. The van der Waals surface area contributed by atoms with Crippen molar-refractivity contribution in [1.82, 2.24) is 25.3 Å². The molecule has 1 amide bonds. The lowest BCUT2D eigenvalue weighted by atomic mass is 10.1. The van der Waals surface area contributed by atoms with E-state index < -0.39 is 0 Å². The number of hydrogen-bond acceptors (Lipinski definition) is 4. The monoisotopic (exact) mass is 321 g/mol. The van der Waals surface area contributed by atoms with Crippen LogP contribution >= 0.6 is 0 Å². The molecule has 3 rings (SSSR count). The molecule has 0 saturated carbocycles. The Balaban J connectivity index is 1.59. The van der Waals surface area contributed by atoms with Crippen molar-refractivity contribution in [2.75, 3.05) is 0 Å². The van der Waals surface area contributed by atoms with E-state index in [2.05, 4.69) is 27.5 Å². The molecule has 0 saturated heterocycles. The molecule has 0 fully saturated rings. The zero-order valence-electron chi connectivity index (χ0n) is 13.5. The highest BCUT2D eigenvalue weighted by Gasteiger charge is 2.07. The maximum Gasteiger partial charge on any atom is 0.251 e. The number of carbonyl (C=O) groups is 1. The molecule has 122 valence electrons. The van der Waals surface area contributed by atoms with Crippen LogP contribution in [0.3, 0.4) is 0 Å². The van der Waals surface area contributed by atoms with E-state index in [4.69, 9.17) is 0 Å². The van der Waals surface area contributed by atoms with Crippen LogP contribution in [0, 0.1) is 0 Å². The first-order chi connectivity index (χ1) is 11.8. The van der Waals surface area contributed by atoms with E-state index in [0.717, 1.165) is 18.5 Å². The van der Waals surface area contributed by atoms with Crippen molar-refractivity contribution in [2.45, 2.75) is 26.3 Å². The smallest absolute Gasteiger partial charge is 0.251 e. The van der Waals surface area contributed by atoms with Crippen molar-refractivity contribution >= 4 is 5.91 Å². The summed E-state index contributed by atoms with van der Waals surface area (Å²) in [4.78, 5) is 16.2. The van der Waals surface area contributed by atoms with Crippen LogP contribution in [0.5, 0.6) is 0 Å². The van der Waals surface area contributed by atoms with Crippen molar-refractivity contribution in [1.29, 1.82) is 0 Å². The number of carbonyl (C=O) groups excluding carboxylic acids is 1. The largest absolute Gasteiger partial charge is 0.346 e. The van der Waals surface area contributed by atoms with Gasteiger partial charge in [0.2, 0.25) is 0 Å². The summed E-state index contributed by atoms with van der Waals surface area (Å²) in [7, 11) is 0. The highest BCUT2D eigenvalue weighted by Crippen LogP contribution is 2.08. The van der Waals surface area contributed by atoms with Gasteiger partial charge >= 0.3 is 0 Å².